The highest BCUT2D eigenvalue weighted by atomic mass is 32.1. The van der Waals surface area contributed by atoms with E-state index in [2.05, 4.69) is 18.8 Å². The van der Waals surface area contributed by atoms with Crippen molar-refractivity contribution in [2.75, 3.05) is 13.1 Å². The predicted octanol–water partition coefficient (Wildman–Crippen LogP) is 2.83. The summed E-state index contributed by atoms with van der Waals surface area (Å²) in [6.07, 6.45) is 3.01. The van der Waals surface area contributed by atoms with E-state index in [4.69, 9.17) is 0 Å². The summed E-state index contributed by atoms with van der Waals surface area (Å²) in [7, 11) is 0. The maximum absolute atomic E-state index is 13.0. The molecule has 2 aliphatic rings. The first kappa shape index (κ1) is 15.8. The van der Waals surface area contributed by atoms with Crippen LogP contribution in [-0.4, -0.2) is 33.4 Å². The number of hydrogen-bond acceptors (Lipinski definition) is 4. The Morgan fingerprint density at radius 3 is 2.67 bits per heavy atom. The number of nitrogens with zero attached hydrogens (tertiary/aromatic N) is 3. The van der Waals surface area contributed by atoms with Crippen LogP contribution in [0.4, 0.5) is 0 Å². The molecule has 1 fully saturated rings. The zero-order valence-corrected chi connectivity index (χ0v) is 15.3. The molecule has 2 aliphatic heterocycles. The normalized spacial score (nSPS) is 23.7. The van der Waals surface area contributed by atoms with Gasteiger partial charge in [0.05, 0.1) is 10.3 Å². The van der Waals surface area contributed by atoms with Crippen molar-refractivity contribution in [1.82, 2.24) is 14.5 Å². The number of likely N-dealkylation sites (tertiary alicyclic amines) is 1. The standard InChI is InChI=1S/C18H23N3O2S/c1-10-7-11(2)9-20(8-10)18(23)15-12(3)14-16(24-15)19-13-5-4-6-21(13)17(14)22/h10-11H,4-9H2,1-3H3/t10-,11-/m1/s1. The number of aromatic nitrogens is 2. The minimum Gasteiger partial charge on any atom is -0.337 e. The monoisotopic (exact) mass is 345 g/mol. The molecule has 24 heavy (non-hydrogen) atoms. The summed E-state index contributed by atoms with van der Waals surface area (Å²) >= 11 is 1.39. The van der Waals surface area contributed by atoms with Gasteiger partial charge in [-0.25, -0.2) is 4.98 Å². The average Bonchev–Trinajstić information content (AvgIpc) is 3.11. The van der Waals surface area contributed by atoms with E-state index in [0.29, 0.717) is 22.1 Å². The Bertz CT molecular complexity index is 872. The molecule has 0 aromatic carbocycles. The summed E-state index contributed by atoms with van der Waals surface area (Å²) in [6, 6.07) is 0. The summed E-state index contributed by atoms with van der Waals surface area (Å²) in [6.45, 7) is 8.66. The van der Waals surface area contributed by atoms with Crippen LogP contribution < -0.4 is 5.56 Å². The van der Waals surface area contributed by atoms with Gasteiger partial charge in [-0.15, -0.1) is 11.3 Å². The number of aryl methyl sites for hydroxylation is 2. The molecule has 0 bridgehead atoms. The Kier molecular flexibility index (Phi) is 3.75. The lowest BCUT2D eigenvalue weighted by Crippen LogP contribution is -2.42. The van der Waals surface area contributed by atoms with Gasteiger partial charge in [-0.1, -0.05) is 13.8 Å². The SMILES string of the molecule is Cc1c(C(=O)N2C[C@H](C)C[C@@H](C)C2)sc2nc3n(c(=O)c12)CCC3. The van der Waals surface area contributed by atoms with Crippen molar-refractivity contribution in [1.29, 1.82) is 0 Å². The molecular formula is C18H23N3O2S. The average molecular weight is 345 g/mol. The molecule has 4 rings (SSSR count). The fourth-order valence-electron chi connectivity index (χ4n) is 4.25. The van der Waals surface area contributed by atoms with Crippen LogP contribution >= 0.6 is 11.3 Å². The van der Waals surface area contributed by atoms with Gasteiger partial charge in [0.2, 0.25) is 0 Å². The van der Waals surface area contributed by atoms with Gasteiger partial charge in [0.25, 0.3) is 11.5 Å². The fourth-order valence-corrected chi connectivity index (χ4v) is 5.41. The molecule has 0 radical (unpaired) electrons. The van der Waals surface area contributed by atoms with Crippen LogP contribution in [0.25, 0.3) is 10.2 Å². The smallest absolute Gasteiger partial charge is 0.264 e. The molecule has 0 spiro atoms. The number of carbonyl (C=O) groups is 1. The Hall–Kier alpha value is -1.69. The number of thiophene rings is 1. The van der Waals surface area contributed by atoms with Gasteiger partial charge in [-0.2, -0.15) is 0 Å². The van der Waals surface area contributed by atoms with Gasteiger partial charge in [0.1, 0.15) is 10.7 Å². The third-order valence-corrected chi connectivity index (χ3v) is 6.44. The van der Waals surface area contributed by atoms with Crippen molar-refractivity contribution in [3.05, 3.63) is 26.6 Å². The second-order valence-corrected chi connectivity index (χ2v) is 8.48. The molecule has 2 aromatic rings. The molecule has 0 saturated carbocycles. The minimum atomic E-state index is 0.0284. The summed E-state index contributed by atoms with van der Waals surface area (Å²) < 4.78 is 1.78. The van der Waals surface area contributed by atoms with E-state index in [1.165, 1.54) is 17.8 Å². The van der Waals surface area contributed by atoms with E-state index >= 15 is 0 Å². The molecule has 0 N–H and O–H groups in total. The number of hydrogen-bond donors (Lipinski definition) is 0. The van der Waals surface area contributed by atoms with E-state index in [9.17, 15) is 9.59 Å². The van der Waals surface area contributed by atoms with Crippen molar-refractivity contribution < 1.29 is 4.79 Å². The third kappa shape index (κ3) is 2.39. The maximum Gasteiger partial charge on any atom is 0.264 e. The Morgan fingerprint density at radius 1 is 1.25 bits per heavy atom. The van der Waals surface area contributed by atoms with Crippen LogP contribution in [0.1, 0.15) is 47.7 Å². The van der Waals surface area contributed by atoms with Gasteiger partial charge < -0.3 is 4.90 Å². The van der Waals surface area contributed by atoms with Crippen molar-refractivity contribution in [2.24, 2.45) is 11.8 Å². The summed E-state index contributed by atoms with van der Waals surface area (Å²) in [5.74, 6) is 1.99. The lowest BCUT2D eigenvalue weighted by atomic mass is 9.92. The molecule has 2 aromatic heterocycles. The number of rotatable bonds is 1. The van der Waals surface area contributed by atoms with Crippen LogP contribution in [0.3, 0.4) is 0 Å². The highest BCUT2D eigenvalue weighted by molar-refractivity contribution is 7.20. The largest absolute Gasteiger partial charge is 0.337 e. The Morgan fingerprint density at radius 2 is 1.96 bits per heavy atom. The molecule has 6 heteroatoms. The lowest BCUT2D eigenvalue weighted by Gasteiger charge is -2.34. The van der Waals surface area contributed by atoms with Crippen molar-refractivity contribution in [3.8, 4) is 0 Å². The zero-order valence-electron chi connectivity index (χ0n) is 14.5. The predicted molar refractivity (Wildman–Crippen MR) is 95.8 cm³/mol. The molecule has 1 saturated heterocycles. The van der Waals surface area contributed by atoms with E-state index in [1.807, 2.05) is 11.8 Å². The Balaban J connectivity index is 1.78. The first-order chi connectivity index (χ1) is 11.5. The van der Waals surface area contributed by atoms with E-state index in [-0.39, 0.29) is 11.5 Å². The van der Waals surface area contributed by atoms with Crippen LogP contribution in [0.2, 0.25) is 0 Å². The second kappa shape index (κ2) is 5.69. The zero-order chi connectivity index (χ0) is 17.0. The van der Waals surface area contributed by atoms with Crippen LogP contribution in [0.5, 0.6) is 0 Å². The third-order valence-electron chi connectivity index (χ3n) is 5.26. The molecule has 0 aliphatic carbocycles. The number of amides is 1. The van der Waals surface area contributed by atoms with Gasteiger partial charge in [-0.3, -0.25) is 14.2 Å². The van der Waals surface area contributed by atoms with E-state index in [0.717, 1.165) is 48.7 Å². The number of carbonyl (C=O) groups excluding carboxylic acids is 1. The molecule has 0 unspecified atom stereocenters. The number of fused-ring (bicyclic) bond motifs is 2. The van der Waals surface area contributed by atoms with Crippen molar-refractivity contribution in [2.45, 2.75) is 46.6 Å². The van der Waals surface area contributed by atoms with Gasteiger partial charge in [0, 0.05) is 26.1 Å². The highest BCUT2D eigenvalue weighted by Gasteiger charge is 2.30. The maximum atomic E-state index is 13.0. The highest BCUT2D eigenvalue weighted by Crippen LogP contribution is 2.31. The van der Waals surface area contributed by atoms with E-state index < -0.39 is 0 Å². The quantitative estimate of drug-likeness (QED) is 0.798. The second-order valence-electron chi connectivity index (χ2n) is 7.48. The molecule has 4 heterocycles. The van der Waals surface area contributed by atoms with Crippen LogP contribution in [0.15, 0.2) is 4.79 Å². The first-order valence-electron chi connectivity index (χ1n) is 8.77. The Labute approximate surface area is 145 Å². The molecule has 5 nitrogen and oxygen atoms in total. The summed E-state index contributed by atoms with van der Waals surface area (Å²) in [4.78, 5) is 33.9. The first-order valence-corrected chi connectivity index (χ1v) is 9.59. The molecule has 128 valence electrons. The van der Waals surface area contributed by atoms with Gasteiger partial charge in [0.15, 0.2) is 0 Å². The van der Waals surface area contributed by atoms with Gasteiger partial charge in [-0.05, 0) is 37.2 Å². The van der Waals surface area contributed by atoms with Gasteiger partial charge >= 0.3 is 0 Å². The van der Waals surface area contributed by atoms with Crippen molar-refractivity contribution in [3.63, 3.8) is 0 Å². The summed E-state index contributed by atoms with van der Waals surface area (Å²) in [5.41, 5.74) is 0.839. The van der Waals surface area contributed by atoms with Crippen LogP contribution in [-0.2, 0) is 13.0 Å². The molecule has 2 atom stereocenters. The summed E-state index contributed by atoms with van der Waals surface area (Å²) in [5, 5.41) is 0.645. The fraction of sp³-hybridized carbons (Fsp3) is 0.611. The lowest BCUT2D eigenvalue weighted by molar-refractivity contribution is 0.0627. The van der Waals surface area contributed by atoms with E-state index in [1.54, 1.807) is 4.57 Å². The number of piperidine rings is 1. The minimum absolute atomic E-state index is 0.0284. The molecular weight excluding hydrogens is 322 g/mol. The van der Waals surface area contributed by atoms with Crippen LogP contribution in [0, 0.1) is 18.8 Å². The topological polar surface area (TPSA) is 55.2 Å². The molecule has 1 amide bonds. The van der Waals surface area contributed by atoms with Crippen molar-refractivity contribution >= 4 is 27.5 Å².